The minimum Gasteiger partial charge on any atom is -0.279 e. The van der Waals surface area contributed by atoms with Crippen LogP contribution in [0.1, 0.15) is 26.3 Å². The molecule has 2 aromatic carbocycles. The van der Waals surface area contributed by atoms with Crippen LogP contribution in [0.5, 0.6) is 0 Å². The minimum atomic E-state index is -3.75. The van der Waals surface area contributed by atoms with Crippen molar-refractivity contribution in [1.29, 1.82) is 0 Å². The molecule has 0 saturated heterocycles. The summed E-state index contributed by atoms with van der Waals surface area (Å²) in [5.41, 5.74) is 1.31. The maximum Gasteiger partial charge on any atom is 0.263 e. The van der Waals surface area contributed by atoms with Crippen LogP contribution < -0.4 is 4.72 Å². The third-order valence-corrected chi connectivity index (χ3v) is 5.50. The second-order valence-electron chi connectivity index (χ2n) is 5.98. The summed E-state index contributed by atoms with van der Waals surface area (Å²) in [7, 11) is -3.75. The van der Waals surface area contributed by atoms with E-state index in [2.05, 4.69) is 20.7 Å². The zero-order valence-corrected chi connectivity index (χ0v) is 15.7. The Balaban J connectivity index is 2.46. The van der Waals surface area contributed by atoms with Gasteiger partial charge < -0.3 is 0 Å². The molecule has 0 bridgehead atoms. The van der Waals surface area contributed by atoms with E-state index in [0.717, 1.165) is 10.0 Å². The van der Waals surface area contributed by atoms with Crippen molar-refractivity contribution < 1.29 is 8.42 Å². The van der Waals surface area contributed by atoms with Gasteiger partial charge >= 0.3 is 0 Å². The molecule has 22 heavy (non-hydrogen) atoms. The number of hydrogen-bond acceptors (Lipinski definition) is 2. The van der Waals surface area contributed by atoms with Crippen molar-refractivity contribution in [2.24, 2.45) is 0 Å². The van der Waals surface area contributed by atoms with Gasteiger partial charge in [0, 0.05) is 4.47 Å². The summed E-state index contributed by atoms with van der Waals surface area (Å²) >= 11 is 9.33. The summed E-state index contributed by atoms with van der Waals surface area (Å²) in [5, 5.41) is 0.176. The number of sulfonamides is 1. The molecule has 0 amide bonds. The first-order chi connectivity index (χ1) is 10.1. The largest absolute Gasteiger partial charge is 0.279 e. The molecular formula is C16H17BrClNO2S. The van der Waals surface area contributed by atoms with Crippen molar-refractivity contribution in [3.8, 4) is 0 Å². The monoisotopic (exact) mass is 401 g/mol. The summed E-state index contributed by atoms with van der Waals surface area (Å²) in [6.45, 7) is 6.10. The number of benzene rings is 2. The topological polar surface area (TPSA) is 46.2 Å². The predicted octanol–water partition coefficient (Wildman–Crippen LogP) is 5.20. The molecule has 0 radical (unpaired) electrons. The maximum atomic E-state index is 12.6. The fourth-order valence-corrected chi connectivity index (χ4v) is 4.24. The van der Waals surface area contributed by atoms with Crippen LogP contribution in [-0.4, -0.2) is 8.42 Å². The Labute approximate surface area is 144 Å². The number of halogens is 2. The molecule has 0 aliphatic rings. The summed E-state index contributed by atoms with van der Waals surface area (Å²) < 4.78 is 28.6. The first-order valence-electron chi connectivity index (χ1n) is 6.68. The van der Waals surface area contributed by atoms with Crippen molar-refractivity contribution in [3.05, 3.63) is 57.5 Å². The van der Waals surface area contributed by atoms with E-state index >= 15 is 0 Å². The summed E-state index contributed by atoms with van der Waals surface area (Å²) in [6, 6.07) is 12.1. The highest BCUT2D eigenvalue weighted by Crippen LogP contribution is 2.32. The Bertz CT molecular complexity index is 798. The zero-order valence-electron chi connectivity index (χ0n) is 12.5. The van der Waals surface area contributed by atoms with Gasteiger partial charge in [-0.1, -0.05) is 66.5 Å². The van der Waals surface area contributed by atoms with Gasteiger partial charge in [-0.05, 0) is 35.2 Å². The molecule has 3 nitrogen and oxygen atoms in total. The molecule has 0 spiro atoms. The first kappa shape index (κ1) is 17.3. The van der Waals surface area contributed by atoms with Gasteiger partial charge in [0.2, 0.25) is 0 Å². The van der Waals surface area contributed by atoms with Crippen LogP contribution in [0.15, 0.2) is 51.8 Å². The number of rotatable bonds is 3. The number of hydrogen-bond donors (Lipinski definition) is 1. The third kappa shape index (κ3) is 3.83. The van der Waals surface area contributed by atoms with Crippen LogP contribution in [0.25, 0.3) is 0 Å². The van der Waals surface area contributed by atoms with E-state index in [1.54, 1.807) is 24.3 Å². The molecular weight excluding hydrogens is 386 g/mol. The molecule has 0 fully saturated rings. The lowest BCUT2D eigenvalue weighted by molar-refractivity contribution is 0.590. The number of para-hydroxylation sites is 1. The lowest BCUT2D eigenvalue weighted by atomic mass is 9.86. The van der Waals surface area contributed by atoms with Gasteiger partial charge in [-0.15, -0.1) is 0 Å². The molecule has 2 aromatic rings. The molecule has 2 rings (SSSR count). The van der Waals surface area contributed by atoms with Gasteiger partial charge in [-0.3, -0.25) is 4.72 Å². The second kappa shape index (κ2) is 6.22. The van der Waals surface area contributed by atoms with E-state index in [-0.39, 0.29) is 15.3 Å². The van der Waals surface area contributed by atoms with Crippen molar-refractivity contribution in [2.75, 3.05) is 4.72 Å². The van der Waals surface area contributed by atoms with E-state index in [4.69, 9.17) is 11.6 Å². The average molecular weight is 403 g/mol. The quantitative estimate of drug-likeness (QED) is 0.767. The molecule has 0 atom stereocenters. The van der Waals surface area contributed by atoms with Gasteiger partial charge in [0.25, 0.3) is 10.0 Å². The Morgan fingerprint density at radius 2 is 1.73 bits per heavy atom. The minimum absolute atomic E-state index is 0.0566. The van der Waals surface area contributed by atoms with E-state index in [1.165, 1.54) is 6.07 Å². The Morgan fingerprint density at radius 3 is 2.32 bits per heavy atom. The highest BCUT2D eigenvalue weighted by molar-refractivity contribution is 9.10. The van der Waals surface area contributed by atoms with Crippen molar-refractivity contribution in [2.45, 2.75) is 31.1 Å². The van der Waals surface area contributed by atoms with Crippen molar-refractivity contribution >= 4 is 43.2 Å². The molecule has 0 unspecified atom stereocenters. The Kier molecular flexibility index (Phi) is 4.90. The van der Waals surface area contributed by atoms with E-state index in [0.29, 0.717) is 5.69 Å². The first-order valence-corrected chi connectivity index (χ1v) is 9.34. The molecule has 0 saturated carbocycles. The molecule has 0 aromatic heterocycles. The lowest BCUT2D eigenvalue weighted by Gasteiger charge is -2.23. The second-order valence-corrected chi connectivity index (χ2v) is 8.95. The fraction of sp³-hybridized carbons (Fsp3) is 0.250. The van der Waals surface area contributed by atoms with Crippen LogP contribution in [0.3, 0.4) is 0 Å². The van der Waals surface area contributed by atoms with E-state index in [1.807, 2.05) is 32.9 Å². The highest BCUT2D eigenvalue weighted by Gasteiger charge is 2.23. The van der Waals surface area contributed by atoms with Gasteiger partial charge in [-0.25, -0.2) is 8.42 Å². The maximum absolute atomic E-state index is 12.6. The van der Waals surface area contributed by atoms with Crippen LogP contribution in [0.4, 0.5) is 5.69 Å². The lowest BCUT2D eigenvalue weighted by Crippen LogP contribution is -2.19. The third-order valence-electron chi connectivity index (χ3n) is 3.16. The van der Waals surface area contributed by atoms with Crippen LogP contribution in [-0.2, 0) is 15.4 Å². The van der Waals surface area contributed by atoms with E-state index in [9.17, 15) is 8.42 Å². The molecule has 0 aliphatic heterocycles. The zero-order chi connectivity index (χ0) is 16.5. The van der Waals surface area contributed by atoms with Crippen molar-refractivity contribution in [3.63, 3.8) is 0 Å². The molecule has 0 aliphatic carbocycles. The van der Waals surface area contributed by atoms with Gasteiger partial charge in [-0.2, -0.15) is 0 Å². The smallest absolute Gasteiger partial charge is 0.263 e. The van der Waals surface area contributed by atoms with Gasteiger partial charge in [0.15, 0.2) is 0 Å². The number of anilines is 1. The SMILES string of the molecule is CC(C)(C)c1ccccc1NS(=O)(=O)c1ccc(Br)cc1Cl. The predicted molar refractivity (Wildman–Crippen MR) is 95.1 cm³/mol. The molecule has 0 heterocycles. The highest BCUT2D eigenvalue weighted by atomic mass is 79.9. The normalized spacial score (nSPS) is 12.2. The van der Waals surface area contributed by atoms with Gasteiger partial charge in [0.05, 0.1) is 10.7 Å². The Hall–Kier alpha value is -1.04. The summed E-state index contributed by atoms with van der Waals surface area (Å²) in [6.07, 6.45) is 0. The standard InChI is InChI=1S/C16H17BrClNO2S/c1-16(2,3)12-6-4-5-7-14(12)19-22(20,21)15-9-8-11(17)10-13(15)18/h4-10,19H,1-3H3. The van der Waals surface area contributed by atoms with Crippen LogP contribution >= 0.6 is 27.5 Å². The van der Waals surface area contributed by atoms with Crippen LogP contribution in [0.2, 0.25) is 5.02 Å². The molecule has 118 valence electrons. The summed E-state index contributed by atoms with van der Waals surface area (Å²) in [4.78, 5) is 0.0566. The van der Waals surface area contributed by atoms with E-state index < -0.39 is 10.0 Å². The number of nitrogens with one attached hydrogen (secondary N) is 1. The summed E-state index contributed by atoms with van der Waals surface area (Å²) in [5.74, 6) is 0. The van der Waals surface area contributed by atoms with Crippen LogP contribution in [0, 0.1) is 0 Å². The molecule has 1 N–H and O–H groups in total. The Morgan fingerprint density at radius 1 is 1.09 bits per heavy atom. The average Bonchev–Trinajstić information content (AvgIpc) is 2.36. The molecule has 6 heteroatoms. The van der Waals surface area contributed by atoms with Gasteiger partial charge in [0.1, 0.15) is 4.90 Å². The van der Waals surface area contributed by atoms with Crippen molar-refractivity contribution in [1.82, 2.24) is 0 Å². The fourth-order valence-electron chi connectivity index (χ4n) is 2.12.